The highest BCUT2D eigenvalue weighted by atomic mass is 32.1. The Morgan fingerprint density at radius 3 is 2.56 bits per heavy atom. The molecule has 0 N–H and O–H groups in total. The molecule has 0 radical (unpaired) electrons. The van der Waals surface area contributed by atoms with E-state index in [2.05, 4.69) is 12.1 Å². The molecule has 1 aromatic rings. The van der Waals surface area contributed by atoms with Crippen molar-refractivity contribution >= 4 is 23.2 Å². The van der Waals surface area contributed by atoms with Gasteiger partial charge in [0.05, 0.1) is 0 Å². The third-order valence-corrected chi connectivity index (χ3v) is 2.28. The standard InChI is InChI=1S/C13H16O2S/c1-10(9-13(14)15-11(2)16)8-12-6-4-3-5-7-12/h3-7,10H,8-9H2,1-2H3. The van der Waals surface area contributed by atoms with Crippen molar-refractivity contribution in [2.75, 3.05) is 0 Å². The molecule has 0 spiro atoms. The van der Waals surface area contributed by atoms with Gasteiger partial charge in [0.2, 0.25) is 0 Å². The number of thiocarbonyl (C=S) groups is 1. The van der Waals surface area contributed by atoms with Crippen molar-refractivity contribution in [2.45, 2.75) is 26.7 Å². The molecule has 86 valence electrons. The Kier molecular flexibility index (Phi) is 5.12. The summed E-state index contributed by atoms with van der Waals surface area (Å²) in [5.74, 6) is 0.0279. The minimum atomic E-state index is -0.240. The number of rotatable bonds is 4. The maximum atomic E-state index is 11.3. The first-order chi connectivity index (χ1) is 7.58. The van der Waals surface area contributed by atoms with Gasteiger partial charge in [0, 0.05) is 13.3 Å². The van der Waals surface area contributed by atoms with E-state index in [-0.39, 0.29) is 16.9 Å². The molecular formula is C13H16O2S. The average Bonchev–Trinajstić information content (AvgIpc) is 2.17. The summed E-state index contributed by atoms with van der Waals surface area (Å²) in [5.41, 5.74) is 1.24. The number of carbonyl (C=O) groups is 1. The molecule has 16 heavy (non-hydrogen) atoms. The molecule has 0 aliphatic heterocycles. The zero-order valence-corrected chi connectivity index (χ0v) is 10.4. The summed E-state index contributed by atoms with van der Waals surface area (Å²) in [7, 11) is 0. The molecule has 0 fully saturated rings. The second-order valence-corrected chi connectivity index (χ2v) is 4.54. The van der Waals surface area contributed by atoms with E-state index in [4.69, 9.17) is 17.0 Å². The van der Waals surface area contributed by atoms with E-state index in [0.717, 1.165) is 6.42 Å². The number of benzene rings is 1. The molecule has 3 heteroatoms. The number of hydrogen-bond donors (Lipinski definition) is 0. The Hall–Kier alpha value is -1.22. The summed E-state index contributed by atoms with van der Waals surface area (Å²) in [6.45, 7) is 3.64. The van der Waals surface area contributed by atoms with Crippen LogP contribution in [0.2, 0.25) is 0 Å². The minimum absolute atomic E-state index is 0.240. The normalized spacial score (nSPS) is 11.9. The first-order valence-electron chi connectivity index (χ1n) is 5.33. The topological polar surface area (TPSA) is 26.3 Å². The summed E-state index contributed by atoms with van der Waals surface area (Å²) in [6.07, 6.45) is 1.29. The fourth-order valence-corrected chi connectivity index (χ4v) is 1.67. The van der Waals surface area contributed by atoms with E-state index in [1.54, 1.807) is 6.92 Å². The summed E-state index contributed by atoms with van der Waals surface area (Å²) in [5, 5.41) is 0.289. The molecule has 2 nitrogen and oxygen atoms in total. The van der Waals surface area contributed by atoms with Gasteiger partial charge in [-0.15, -0.1) is 0 Å². The lowest BCUT2D eigenvalue weighted by Crippen LogP contribution is -2.13. The second kappa shape index (κ2) is 6.38. The quantitative estimate of drug-likeness (QED) is 0.593. The number of hydrogen-bond acceptors (Lipinski definition) is 3. The van der Waals surface area contributed by atoms with Gasteiger partial charge in [-0.2, -0.15) is 0 Å². The highest BCUT2D eigenvalue weighted by molar-refractivity contribution is 7.80. The van der Waals surface area contributed by atoms with Crippen LogP contribution >= 0.6 is 12.2 Å². The van der Waals surface area contributed by atoms with Crippen LogP contribution in [-0.4, -0.2) is 11.0 Å². The lowest BCUT2D eigenvalue weighted by atomic mass is 9.98. The molecule has 0 aliphatic rings. The van der Waals surface area contributed by atoms with Crippen LogP contribution in [0.5, 0.6) is 0 Å². The van der Waals surface area contributed by atoms with E-state index in [9.17, 15) is 4.79 Å². The third-order valence-electron chi connectivity index (χ3n) is 2.20. The fourth-order valence-electron chi connectivity index (χ4n) is 1.58. The molecule has 1 rings (SSSR count). The van der Waals surface area contributed by atoms with Crippen LogP contribution in [0, 0.1) is 5.92 Å². The highest BCUT2D eigenvalue weighted by Gasteiger charge is 2.11. The van der Waals surface area contributed by atoms with Crippen molar-refractivity contribution in [2.24, 2.45) is 5.92 Å². The van der Waals surface area contributed by atoms with Crippen molar-refractivity contribution < 1.29 is 9.53 Å². The first kappa shape index (κ1) is 12.8. The minimum Gasteiger partial charge on any atom is -0.419 e. The second-order valence-electron chi connectivity index (χ2n) is 3.96. The molecule has 1 atom stereocenters. The average molecular weight is 236 g/mol. The molecule has 0 aromatic heterocycles. The molecule has 0 bridgehead atoms. The van der Waals surface area contributed by atoms with Crippen LogP contribution in [0.1, 0.15) is 25.8 Å². The van der Waals surface area contributed by atoms with E-state index >= 15 is 0 Å². The molecule has 1 aromatic carbocycles. The van der Waals surface area contributed by atoms with Gasteiger partial charge in [0.1, 0.15) is 0 Å². The van der Waals surface area contributed by atoms with Crippen LogP contribution in [0.25, 0.3) is 0 Å². The van der Waals surface area contributed by atoms with Crippen molar-refractivity contribution in [3.63, 3.8) is 0 Å². The van der Waals surface area contributed by atoms with Gasteiger partial charge in [0.25, 0.3) is 0 Å². The van der Waals surface area contributed by atoms with Gasteiger partial charge in [-0.3, -0.25) is 4.79 Å². The van der Waals surface area contributed by atoms with Gasteiger partial charge < -0.3 is 4.74 Å². The first-order valence-corrected chi connectivity index (χ1v) is 5.74. The van der Waals surface area contributed by atoms with Gasteiger partial charge in [0.15, 0.2) is 5.05 Å². The number of carbonyl (C=O) groups excluding carboxylic acids is 1. The molecule has 0 saturated carbocycles. The Bertz CT molecular complexity index is 359. The Morgan fingerprint density at radius 2 is 2.00 bits per heavy atom. The number of ether oxygens (including phenoxy) is 1. The maximum absolute atomic E-state index is 11.3. The summed E-state index contributed by atoms with van der Waals surface area (Å²) in [4.78, 5) is 11.3. The van der Waals surface area contributed by atoms with Gasteiger partial charge in [-0.1, -0.05) is 37.3 Å². The number of esters is 1. The molecule has 0 aliphatic carbocycles. The smallest absolute Gasteiger partial charge is 0.311 e. The molecule has 1 unspecified atom stereocenters. The van der Waals surface area contributed by atoms with Crippen molar-refractivity contribution in [3.8, 4) is 0 Å². The monoisotopic (exact) mass is 236 g/mol. The largest absolute Gasteiger partial charge is 0.419 e. The van der Waals surface area contributed by atoms with Gasteiger partial charge in [-0.25, -0.2) is 0 Å². The van der Waals surface area contributed by atoms with Crippen molar-refractivity contribution in [1.82, 2.24) is 0 Å². The summed E-state index contributed by atoms with van der Waals surface area (Å²) >= 11 is 4.71. The van der Waals surface area contributed by atoms with Crippen LogP contribution in [0.3, 0.4) is 0 Å². The van der Waals surface area contributed by atoms with Crippen LogP contribution < -0.4 is 0 Å². The van der Waals surface area contributed by atoms with E-state index in [0.29, 0.717) is 6.42 Å². The highest BCUT2D eigenvalue weighted by Crippen LogP contribution is 2.12. The van der Waals surface area contributed by atoms with Gasteiger partial charge in [-0.05, 0) is 30.1 Å². The summed E-state index contributed by atoms with van der Waals surface area (Å²) in [6, 6.07) is 10.1. The van der Waals surface area contributed by atoms with Gasteiger partial charge >= 0.3 is 5.97 Å². The maximum Gasteiger partial charge on any atom is 0.311 e. The predicted octanol–water partition coefficient (Wildman–Crippen LogP) is 3.15. The van der Waals surface area contributed by atoms with E-state index < -0.39 is 0 Å². The van der Waals surface area contributed by atoms with E-state index in [1.165, 1.54) is 5.56 Å². The van der Waals surface area contributed by atoms with Crippen molar-refractivity contribution in [3.05, 3.63) is 35.9 Å². The van der Waals surface area contributed by atoms with Crippen LogP contribution in [0.4, 0.5) is 0 Å². The Balaban J connectivity index is 2.39. The van der Waals surface area contributed by atoms with E-state index in [1.807, 2.05) is 25.1 Å². The third kappa shape index (κ3) is 5.03. The molecule has 0 heterocycles. The molecule has 0 amide bonds. The van der Waals surface area contributed by atoms with Crippen LogP contribution in [0.15, 0.2) is 30.3 Å². The van der Waals surface area contributed by atoms with Crippen LogP contribution in [-0.2, 0) is 16.0 Å². The van der Waals surface area contributed by atoms with Crippen molar-refractivity contribution in [1.29, 1.82) is 0 Å². The zero-order chi connectivity index (χ0) is 12.0. The lowest BCUT2D eigenvalue weighted by Gasteiger charge is -2.10. The SMILES string of the molecule is CC(=S)OC(=O)CC(C)Cc1ccccc1. The summed E-state index contributed by atoms with van der Waals surface area (Å²) < 4.78 is 4.85. The Morgan fingerprint density at radius 1 is 1.38 bits per heavy atom. The molecule has 0 saturated heterocycles. The fraction of sp³-hybridized carbons (Fsp3) is 0.385. The molecular weight excluding hydrogens is 220 g/mol. The Labute approximate surface area is 102 Å². The zero-order valence-electron chi connectivity index (χ0n) is 9.60. The lowest BCUT2D eigenvalue weighted by molar-refractivity contribution is -0.136. The predicted molar refractivity (Wildman–Crippen MR) is 68.3 cm³/mol.